The zero-order valence-electron chi connectivity index (χ0n) is 24.6. The zero-order valence-corrected chi connectivity index (χ0v) is 24.6. The summed E-state index contributed by atoms with van der Waals surface area (Å²) in [5, 5.41) is 4.43. The predicted molar refractivity (Wildman–Crippen MR) is 158 cm³/mol. The fourth-order valence-electron chi connectivity index (χ4n) is 5.67. The summed E-state index contributed by atoms with van der Waals surface area (Å²) >= 11 is 0. The third-order valence-electron chi connectivity index (χ3n) is 7.48. The Morgan fingerprint density at radius 2 is 1.51 bits per heavy atom. The van der Waals surface area contributed by atoms with Crippen LogP contribution in [0.3, 0.4) is 0 Å². The second-order valence-corrected chi connectivity index (χ2v) is 10.8. The standard InChI is InChI=1S/C32H40N6O3/c1-23(2)41-31-27(30(39-4)34-32(35-31)40-5)21-37-16-17-38(20-24-18-33-36(3)19-24)28(22-37)29(25-12-8-6-9-13-25)26-14-10-7-11-15-26/h6-15,18-19,23,28-29H,16-17,20-22H2,1-5H3/t28-/m0/s1. The van der Waals surface area contributed by atoms with E-state index in [-0.39, 0.29) is 24.1 Å². The highest BCUT2D eigenvalue weighted by atomic mass is 16.5. The highest BCUT2D eigenvalue weighted by Crippen LogP contribution is 2.36. The van der Waals surface area contributed by atoms with E-state index >= 15 is 0 Å². The van der Waals surface area contributed by atoms with Gasteiger partial charge in [-0.2, -0.15) is 15.1 Å². The first-order valence-electron chi connectivity index (χ1n) is 14.1. The zero-order chi connectivity index (χ0) is 28.8. The third kappa shape index (κ3) is 6.86. The number of hydrogen-bond donors (Lipinski definition) is 0. The van der Waals surface area contributed by atoms with Crippen LogP contribution in [0.2, 0.25) is 0 Å². The fraction of sp³-hybridized carbons (Fsp3) is 0.406. The van der Waals surface area contributed by atoms with Crippen molar-refractivity contribution >= 4 is 0 Å². The topological polar surface area (TPSA) is 77.8 Å². The molecule has 9 heteroatoms. The number of aryl methyl sites for hydroxylation is 1. The molecule has 0 saturated carbocycles. The summed E-state index contributed by atoms with van der Waals surface area (Å²) in [6.07, 6.45) is 4.03. The molecule has 1 aliphatic rings. The maximum Gasteiger partial charge on any atom is 0.322 e. The molecule has 2 aromatic carbocycles. The Balaban J connectivity index is 1.51. The van der Waals surface area contributed by atoms with E-state index in [0.29, 0.717) is 18.3 Å². The quantitative estimate of drug-likeness (QED) is 0.267. The molecule has 0 aliphatic carbocycles. The van der Waals surface area contributed by atoms with E-state index in [1.807, 2.05) is 31.8 Å². The van der Waals surface area contributed by atoms with Crippen molar-refractivity contribution in [3.63, 3.8) is 0 Å². The molecule has 1 atom stereocenters. The van der Waals surface area contributed by atoms with Gasteiger partial charge in [0.05, 0.1) is 32.1 Å². The van der Waals surface area contributed by atoms with E-state index in [1.165, 1.54) is 16.7 Å². The molecule has 2 aromatic heterocycles. The molecule has 0 radical (unpaired) electrons. The molecule has 0 spiro atoms. The molecule has 1 aliphatic heterocycles. The van der Waals surface area contributed by atoms with E-state index in [4.69, 9.17) is 14.2 Å². The van der Waals surface area contributed by atoms with Gasteiger partial charge in [-0.3, -0.25) is 14.5 Å². The van der Waals surface area contributed by atoms with Crippen LogP contribution >= 0.6 is 0 Å². The van der Waals surface area contributed by atoms with Gasteiger partial charge in [-0.1, -0.05) is 60.7 Å². The maximum atomic E-state index is 6.13. The number of rotatable bonds is 11. The summed E-state index contributed by atoms with van der Waals surface area (Å²) in [6.45, 7) is 8.02. The van der Waals surface area contributed by atoms with Gasteiger partial charge in [0.15, 0.2) is 0 Å². The van der Waals surface area contributed by atoms with Crippen molar-refractivity contribution in [1.82, 2.24) is 29.5 Å². The number of hydrogen-bond acceptors (Lipinski definition) is 8. The summed E-state index contributed by atoms with van der Waals surface area (Å²) in [7, 11) is 5.14. The summed E-state index contributed by atoms with van der Waals surface area (Å²) in [6, 6.07) is 22.1. The van der Waals surface area contributed by atoms with Crippen molar-refractivity contribution in [3.05, 3.63) is 95.3 Å². The Morgan fingerprint density at radius 1 is 0.854 bits per heavy atom. The van der Waals surface area contributed by atoms with Crippen molar-refractivity contribution < 1.29 is 14.2 Å². The van der Waals surface area contributed by atoms with Gasteiger partial charge in [0.1, 0.15) is 0 Å². The van der Waals surface area contributed by atoms with Gasteiger partial charge in [0, 0.05) is 63.5 Å². The summed E-state index contributed by atoms with van der Waals surface area (Å²) < 4.78 is 19.0. The molecule has 0 bridgehead atoms. The number of piperazine rings is 1. The van der Waals surface area contributed by atoms with Crippen LogP contribution in [0.5, 0.6) is 17.8 Å². The van der Waals surface area contributed by atoms with E-state index in [1.54, 1.807) is 14.2 Å². The number of aromatic nitrogens is 4. The van der Waals surface area contributed by atoms with Crippen LogP contribution in [-0.2, 0) is 20.1 Å². The van der Waals surface area contributed by atoms with Crippen LogP contribution in [-0.4, -0.2) is 75.5 Å². The van der Waals surface area contributed by atoms with Crippen LogP contribution in [0.15, 0.2) is 73.1 Å². The molecule has 9 nitrogen and oxygen atoms in total. The Hall–Kier alpha value is -3.95. The first-order chi connectivity index (χ1) is 19.9. The summed E-state index contributed by atoms with van der Waals surface area (Å²) in [5.74, 6) is 1.16. The lowest BCUT2D eigenvalue weighted by atomic mass is 9.83. The largest absolute Gasteiger partial charge is 0.481 e. The molecule has 4 aromatic rings. The van der Waals surface area contributed by atoms with Gasteiger partial charge >= 0.3 is 6.01 Å². The van der Waals surface area contributed by atoms with E-state index in [2.05, 4.69) is 91.7 Å². The second-order valence-electron chi connectivity index (χ2n) is 10.8. The molecular formula is C32H40N6O3. The first-order valence-corrected chi connectivity index (χ1v) is 14.1. The minimum absolute atomic E-state index is 0.0531. The van der Waals surface area contributed by atoms with Gasteiger partial charge in [0.25, 0.3) is 0 Å². The number of ether oxygens (including phenoxy) is 3. The van der Waals surface area contributed by atoms with Gasteiger partial charge in [-0.15, -0.1) is 0 Å². The molecule has 0 amide bonds. The number of methoxy groups -OCH3 is 2. The van der Waals surface area contributed by atoms with Crippen molar-refractivity contribution in [2.24, 2.45) is 7.05 Å². The van der Waals surface area contributed by atoms with Crippen LogP contribution in [0.1, 0.15) is 42.0 Å². The lowest BCUT2D eigenvalue weighted by Gasteiger charge is -2.45. The second kappa shape index (κ2) is 13.1. The van der Waals surface area contributed by atoms with Crippen molar-refractivity contribution in [3.8, 4) is 17.8 Å². The van der Waals surface area contributed by atoms with Gasteiger partial charge < -0.3 is 14.2 Å². The first kappa shape index (κ1) is 28.6. The minimum Gasteiger partial charge on any atom is -0.481 e. The molecule has 3 heterocycles. The summed E-state index contributed by atoms with van der Waals surface area (Å²) in [4.78, 5) is 14.1. The number of nitrogens with zero attached hydrogens (tertiary/aromatic N) is 6. The highest BCUT2D eigenvalue weighted by molar-refractivity contribution is 5.38. The molecule has 216 valence electrons. The smallest absolute Gasteiger partial charge is 0.322 e. The number of benzene rings is 2. The SMILES string of the molecule is COc1nc(OC)c(CN2CCN(Cc3cnn(C)c3)[C@H](C(c3ccccc3)c3ccccc3)C2)c(OC(C)C)n1. The lowest BCUT2D eigenvalue weighted by Crippen LogP contribution is -2.54. The monoisotopic (exact) mass is 556 g/mol. The third-order valence-corrected chi connectivity index (χ3v) is 7.48. The molecule has 41 heavy (non-hydrogen) atoms. The van der Waals surface area contributed by atoms with E-state index < -0.39 is 0 Å². The average molecular weight is 557 g/mol. The Bertz CT molecular complexity index is 1360. The Kier molecular flexibility index (Phi) is 9.16. The maximum absolute atomic E-state index is 6.13. The van der Waals surface area contributed by atoms with Crippen LogP contribution in [0, 0.1) is 0 Å². The molecule has 1 fully saturated rings. The van der Waals surface area contributed by atoms with Crippen LogP contribution in [0.4, 0.5) is 0 Å². The van der Waals surface area contributed by atoms with Gasteiger partial charge in [-0.05, 0) is 25.0 Å². The molecule has 5 rings (SSSR count). The molecular weight excluding hydrogens is 516 g/mol. The normalized spacial score (nSPS) is 16.3. The van der Waals surface area contributed by atoms with E-state index in [0.717, 1.165) is 31.7 Å². The lowest BCUT2D eigenvalue weighted by molar-refractivity contribution is 0.0541. The molecule has 0 N–H and O–H groups in total. The molecule has 0 unspecified atom stereocenters. The van der Waals surface area contributed by atoms with Crippen molar-refractivity contribution in [2.75, 3.05) is 33.9 Å². The van der Waals surface area contributed by atoms with E-state index in [9.17, 15) is 0 Å². The van der Waals surface area contributed by atoms with Gasteiger partial charge in [-0.25, -0.2) is 0 Å². The minimum atomic E-state index is -0.0531. The van der Waals surface area contributed by atoms with Crippen molar-refractivity contribution in [1.29, 1.82) is 0 Å². The fourth-order valence-corrected chi connectivity index (χ4v) is 5.67. The van der Waals surface area contributed by atoms with Crippen LogP contribution < -0.4 is 14.2 Å². The Labute approximate surface area is 242 Å². The summed E-state index contributed by atoms with van der Waals surface area (Å²) in [5.41, 5.74) is 4.65. The Morgan fingerprint density at radius 3 is 2.07 bits per heavy atom. The van der Waals surface area contributed by atoms with Gasteiger partial charge in [0.2, 0.25) is 11.8 Å². The average Bonchev–Trinajstić information content (AvgIpc) is 3.40. The highest BCUT2D eigenvalue weighted by Gasteiger charge is 2.36. The molecule has 1 saturated heterocycles. The van der Waals surface area contributed by atoms with Crippen LogP contribution in [0.25, 0.3) is 0 Å². The van der Waals surface area contributed by atoms with Crippen molar-refractivity contribution in [2.45, 2.75) is 45.0 Å². The predicted octanol–water partition coefficient (Wildman–Crippen LogP) is 4.53.